The largest absolute Gasteiger partial charge is 0.504 e. The first-order valence-electron chi connectivity index (χ1n) is 6.31. The molecule has 0 fully saturated rings. The fraction of sp³-hybridized carbons (Fsp3) is 0.0714. The molecular formula is C14H14N2O7. The zero-order valence-electron chi connectivity index (χ0n) is 11.6. The Hall–Kier alpha value is -3.33. The molecule has 0 aromatic heterocycles. The van der Waals surface area contributed by atoms with E-state index in [1.54, 1.807) is 0 Å². The van der Waals surface area contributed by atoms with Gasteiger partial charge in [0.05, 0.1) is 0 Å². The molecule has 0 radical (unpaired) electrons. The number of carbonyl (C=O) groups is 1. The molecule has 0 saturated carbocycles. The van der Waals surface area contributed by atoms with Crippen LogP contribution in [-0.4, -0.2) is 36.5 Å². The third-order valence-electron chi connectivity index (χ3n) is 2.96. The van der Waals surface area contributed by atoms with E-state index in [4.69, 9.17) is 0 Å². The van der Waals surface area contributed by atoms with Crippen molar-refractivity contribution in [2.24, 2.45) is 0 Å². The van der Waals surface area contributed by atoms with Crippen molar-refractivity contribution in [1.29, 1.82) is 0 Å². The van der Waals surface area contributed by atoms with Gasteiger partial charge in [-0.1, -0.05) is 0 Å². The van der Waals surface area contributed by atoms with Crippen LogP contribution in [0.3, 0.4) is 0 Å². The summed E-state index contributed by atoms with van der Waals surface area (Å²) < 4.78 is 0. The fourth-order valence-corrected chi connectivity index (χ4v) is 1.80. The molecule has 0 heterocycles. The second-order valence-electron chi connectivity index (χ2n) is 4.65. The van der Waals surface area contributed by atoms with Crippen LogP contribution in [0.15, 0.2) is 24.3 Å². The summed E-state index contributed by atoms with van der Waals surface area (Å²) in [6, 6.07) is 4.30. The van der Waals surface area contributed by atoms with E-state index < -0.39 is 40.4 Å². The van der Waals surface area contributed by atoms with Crippen LogP contribution in [0.25, 0.3) is 0 Å². The molecule has 122 valence electrons. The Morgan fingerprint density at radius 1 is 0.783 bits per heavy atom. The zero-order valence-corrected chi connectivity index (χ0v) is 11.6. The quantitative estimate of drug-likeness (QED) is 0.295. The Bertz CT molecular complexity index is 715. The van der Waals surface area contributed by atoms with Gasteiger partial charge < -0.3 is 30.6 Å². The first-order chi connectivity index (χ1) is 10.8. The molecule has 0 aliphatic rings. The number of hydrogen-bond donors (Lipinski definition) is 8. The third-order valence-corrected chi connectivity index (χ3v) is 2.96. The van der Waals surface area contributed by atoms with Crippen LogP contribution in [0.4, 0.5) is 0 Å². The van der Waals surface area contributed by atoms with Crippen LogP contribution in [0, 0.1) is 0 Å². The van der Waals surface area contributed by atoms with E-state index in [9.17, 15) is 35.4 Å². The molecule has 2 aromatic rings. The van der Waals surface area contributed by atoms with Crippen LogP contribution in [0.1, 0.15) is 15.9 Å². The molecule has 0 atom stereocenters. The van der Waals surface area contributed by atoms with Crippen LogP contribution in [0.2, 0.25) is 0 Å². The van der Waals surface area contributed by atoms with Crippen molar-refractivity contribution in [3.05, 3.63) is 35.4 Å². The van der Waals surface area contributed by atoms with Gasteiger partial charge in [0.1, 0.15) is 0 Å². The summed E-state index contributed by atoms with van der Waals surface area (Å²) in [5.41, 5.74) is 5.01. The lowest BCUT2D eigenvalue weighted by Crippen LogP contribution is -2.36. The highest BCUT2D eigenvalue weighted by molar-refractivity contribution is 5.95. The zero-order chi connectivity index (χ0) is 17.1. The number of rotatable bonds is 4. The summed E-state index contributed by atoms with van der Waals surface area (Å²) in [5, 5.41) is 55.8. The molecule has 0 spiro atoms. The highest BCUT2D eigenvalue weighted by atomic mass is 16.3. The van der Waals surface area contributed by atoms with Gasteiger partial charge in [0.25, 0.3) is 5.91 Å². The lowest BCUT2D eigenvalue weighted by Gasteiger charge is -2.10. The predicted octanol–water partition coefficient (Wildman–Crippen LogP) is 0.355. The molecule has 2 rings (SSSR count). The van der Waals surface area contributed by atoms with Gasteiger partial charge in [-0.15, -0.1) is 0 Å². The van der Waals surface area contributed by atoms with Crippen LogP contribution in [0.5, 0.6) is 34.5 Å². The van der Waals surface area contributed by atoms with Gasteiger partial charge >= 0.3 is 0 Å². The summed E-state index contributed by atoms with van der Waals surface area (Å²) in [7, 11) is 0. The topological polar surface area (TPSA) is 163 Å². The number of amides is 1. The van der Waals surface area contributed by atoms with E-state index in [2.05, 4.69) is 10.9 Å². The Morgan fingerprint density at radius 3 is 1.70 bits per heavy atom. The smallest absolute Gasteiger partial charge is 0.265 e. The molecule has 23 heavy (non-hydrogen) atoms. The normalized spacial score (nSPS) is 10.4. The standard InChI is InChI=1S/C14H14N2O7/c17-8-1-6(2-9(18)12(8)21)5-15-16-14(23)7-3-10(19)13(22)11(20)4-7/h1-4,15,17-22H,5H2,(H,16,23). The van der Waals surface area contributed by atoms with Crippen molar-refractivity contribution in [3.8, 4) is 34.5 Å². The average molecular weight is 322 g/mol. The van der Waals surface area contributed by atoms with Gasteiger partial charge in [0, 0.05) is 12.1 Å². The molecule has 2 aromatic carbocycles. The van der Waals surface area contributed by atoms with Crippen LogP contribution < -0.4 is 10.9 Å². The van der Waals surface area contributed by atoms with Gasteiger partial charge in [0.2, 0.25) is 0 Å². The Morgan fingerprint density at radius 2 is 1.22 bits per heavy atom. The summed E-state index contributed by atoms with van der Waals surface area (Å²) in [6.45, 7) is 0.00316. The molecule has 8 N–H and O–H groups in total. The summed E-state index contributed by atoms with van der Waals surface area (Å²) in [4.78, 5) is 11.8. The highest BCUT2D eigenvalue weighted by Gasteiger charge is 2.13. The number of hydrazine groups is 1. The first kappa shape index (κ1) is 16.0. The molecule has 0 saturated heterocycles. The molecular weight excluding hydrogens is 308 g/mol. The van der Waals surface area contributed by atoms with E-state index >= 15 is 0 Å². The van der Waals surface area contributed by atoms with E-state index in [1.807, 2.05) is 0 Å². The number of hydrogen-bond acceptors (Lipinski definition) is 8. The average Bonchev–Trinajstić information content (AvgIpc) is 2.49. The Balaban J connectivity index is 2.00. The van der Waals surface area contributed by atoms with Crippen molar-refractivity contribution >= 4 is 5.91 Å². The highest BCUT2D eigenvalue weighted by Crippen LogP contribution is 2.36. The van der Waals surface area contributed by atoms with Crippen molar-refractivity contribution < 1.29 is 35.4 Å². The number of phenolic OH excluding ortho intramolecular Hbond substituents is 6. The van der Waals surface area contributed by atoms with Crippen LogP contribution in [-0.2, 0) is 6.54 Å². The van der Waals surface area contributed by atoms with Crippen molar-refractivity contribution in [2.75, 3.05) is 0 Å². The maximum atomic E-state index is 11.8. The SMILES string of the molecule is O=C(NNCc1cc(O)c(O)c(O)c1)c1cc(O)c(O)c(O)c1. The number of aromatic hydroxyl groups is 6. The third kappa shape index (κ3) is 3.47. The fourth-order valence-electron chi connectivity index (χ4n) is 1.80. The molecule has 9 heteroatoms. The van der Waals surface area contributed by atoms with E-state index in [-0.39, 0.29) is 12.1 Å². The Labute approximate surface area is 129 Å². The molecule has 0 aliphatic heterocycles. The Kier molecular flexibility index (Phi) is 4.32. The first-order valence-corrected chi connectivity index (χ1v) is 6.31. The maximum Gasteiger partial charge on any atom is 0.265 e. The number of phenols is 6. The van der Waals surface area contributed by atoms with Crippen LogP contribution >= 0.6 is 0 Å². The summed E-state index contributed by atoms with van der Waals surface area (Å²) in [5.74, 6) is -4.41. The molecule has 1 amide bonds. The van der Waals surface area contributed by atoms with Crippen molar-refractivity contribution in [2.45, 2.75) is 6.54 Å². The van der Waals surface area contributed by atoms with E-state index in [1.165, 1.54) is 12.1 Å². The van der Waals surface area contributed by atoms with Gasteiger partial charge in [-0.3, -0.25) is 10.2 Å². The number of carbonyl (C=O) groups excluding carboxylic acids is 1. The number of nitrogens with one attached hydrogen (secondary N) is 2. The summed E-state index contributed by atoms with van der Waals surface area (Å²) >= 11 is 0. The molecule has 0 aliphatic carbocycles. The summed E-state index contributed by atoms with van der Waals surface area (Å²) in [6.07, 6.45) is 0. The van der Waals surface area contributed by atoms with Crippen molar-refractivity contribution in [3.63, 3.8) is 0 Å². The van der Waals surface area contributed by atoms with Gasteiger partial charge in [-0.2, -0.15) is 0 Å². The van der Waals surface area contributed by atoms with E-state index in [0.717, 1.165) is 12.1 Å². The van der Waals surface area contributed by atoms with Gasteiger partial charge in [-0.25, -0.2) is 5.43 Å². The molecule has 0 unspecified atom stereocenters. The molecule has 9 nitrogen and oxygen atoms in total. The minimum absolute atomic E-state index is 0.00316. The minimum Gasteiger partial charge on any atom is -0.504 e. The lowest BCUT2D eigenvalue weighted by atomic mass is 10.1. The predicted molar refractivity (Wildman–Crippen MR) is 77.2 cm³/mol. The minimum atomic E-state index is -0.732. The molecule has 0 bridgehead atoms. The van der Waals surface area contributed by atoms with Crippen molar-refractivity contribution in [1.82, 2.24) is 10.9 Å². The van der Waals surface area contributed by atoms with Gasteiger partial charge in [-0.05, 0) is 29.8 Å². The maximum absolute atomic E-state index is 11.8. The second kappa shape index (κ2) is 6.20. The van der Waals surface area contributed by atoms with E-state index in [0.29, 0.717) is 5.56 Å². The number of benzene rings is 2. The second-order valence-corrected chi connectivity index (χ2v) is 4.65. The monoisotopic (exact) mass is 322 g/mol. The van der Waals surface area contributed by atoms with Gasteiger partial charge in [0.15, 0.2) is 34.5 Å². The lowest BCUT2D eigenvalue weighted by molar-refractivity contribution is 0.0931.